The quantitative estimate of drug-likeness (QED) is 0.538. The van der Waals surface area contributed by atoms with Crippen LogP contribution in [0.15, 0.2) is 49.1 Å². The third-order valence-electron chi connectivity index (χ3n) is 4.06. The van der Waals surface area contributed by atoms with Gasteiger partial charge in [0.25, 0.3) is 0 Å². The first-order chi connectivity index (χ1) is 12.8. The van der Waals surface area contributed by atoms with Crippen LogP contribution >= 0.6 is 0 Å². The lowest BCUT2D eigenvalue weighted by atomic mass is 10.1. The Morgan fingerprint density at radius 1 is 0.962 bits per heavy atom. The molecule has 1 aromatic heterocycles. The molecule has 2 rings (SSSR count). The first-order valence-electron chi connectivity index (χ1n) is 9.50. The first-order valence-corrected chi connectivity index (χ1v) is 9.50. The van der Waals surface area contributed by atoms with Gasteiger partial charge in [0.2, 0.25) is 0 Å². The number of hydrogen-bond donors (Lipinski definition) is 2. The molecule has 0 radical (unpaired) electrons. The maximum Gasteiger partial charge on any atom is 0.314 e. The molecule has 6 nitrogen and oxygen atoms in total. The van der Waals surface area contributed by atoms with Crippen molar-refractivity contribution in [2.75, 3.05) is 19.7 Å². The number of carbonyl (C=O) groups excluding carboxylic acids is 1. The van der Waals surface area contributed by atoms with Gasteiger partial charge in [-0.05, 0) is 31.4 Å². The highest BCUT2D eigenvalue weighted by Gasteiger charge is 1.99. The Morgan fingerprint density at radius 3 is 2.46 bits per heavy atom. The summed E-state index contributed by atoms with van der Waals surface area (Å²) in [6, 6.07) is 9.84. The van der Waals surface area contributed by atoms with Crippen molar-refractivity contribution in [3.8, 4) is 5.75 Å². The van der Waals surface area contributed by atoms with Crippen molar-refractivity contribution in [3.63, 3.8) is 0 Å². The number of nitrogens with zero attached hydrogens (tertiary/aromatic N) is 2. The van der Waals surface area contributed by atoms with E-state index in [0.717, 1.165) is 57.6 Å². The number of rotatable bonds is 13. The molecule has 2 amide bonds. The molecule has 0 aliphatic rings. The summed E-state index contributed by atoms with van der Waals surface area (Å²) in [5.41, 5.74) is 0. The second-order valence-electron chi connectivity index (χ2n) is 6.27. The van der Waals surface area contributed by atoms with Crippen LogP contribution < -0.4 is 15.4 Å². The van der Waals surface area contributed by atoms with Crippen molar-refractivity contribution in [2.45, 2.75) is 45.1 Å². The molecule has 2 aromatic rings. The van der Waals surface area contributed by atoms with Crippen molar-refractivity contribution in [1.29, 1.82) is 0 Å². The molecule has 0 saturated carbocycles. The molecule has 0 atom stereocenters. The number of hydrogen-bond acceptors (Lipinski definition) is 3. The molecule has 0 fully saturated rings. The van der Waals surface area contributed by atoms with Crippen molar-refractivity contribution in [2.24, 2.45) is 0 Å². The van der Waals surface area contributed by atoms with E-state index in [9.17, 15) is 4.79 Å². The molecule has 2 N–H and O–H groups in total. The van der Waals surface area contributed by atoms with Gasteiger partial charge in [-0.15, -0.1) is 0 Å². The van der Waals surface area contributed by atoms with Gasteiger partial charge in [-0.2, -0.15) is 0 Å². The van der Waals surface area contributed by atoms with Gasteiger partial charge in [-0.1, -0.05) is 37.5 Å². The van der Waals surface area contributed by atoms with Gasteiger partial charge in [0.05, 0.1) is 12.9 Å². The molecular weight excluding hydrogens is 328 g/mol. The summed E-state index contributed by atoms with van der Waals surface area (Å²) in [5.74, 6) is 0.938. The normalized spacial score (nSPS) is 10.5. The van der Waals surface area contributed by atoms with Gasteiger partial charge in [-0.3, -0.25) is 0 Å². The summed E-state index contributed by atoms with van der Waals surface area (Å²) in [7, 11) is 0. The maximum absolute atomic E-state index is 11.7. The Balaban J connectivity index is 1.33. The van der Waals surface area contributed by atoms with Crippen LogP contribution in [-0.2, 0) is 6.54 Å². The van der Waals surface area contributed by atoms with Crippen LogP contribution in [0.3, 0.4) is 0 Å². The highest BCUT2D eigenvalue weighted by molar-refractivity contribution is 5.73. The number of para-hydroxylation sites is 1. The third kappa shape index (κ3) is 9.11. The molecule has 0 saturated heterocycles. The molecule has 1 heterocycles. The van der Waals surface area contributed by atoms with Crippen LogP contribution in [-0.4, -0.2) is 35.3 Å². The van der Waals surface area contributed by atoms with E-state index in [4.69, 9.17) is 4.74 Å². The lowest BCUT2D eigenvalue weighted by Crippen LogP contribution is -2.36. The molecule has 142 valence electrons. The summed E-state index contributed by atoms with van der Waals surface area (Å²) in [6.45, 7) is 3.04. The fourth-order valence-electron chi connectivity index (χ4n) is 2.61. The monoisotopic (exact) mass is 358 g/mol. The summed E-state index contributed by atoms with van der Waals surface area (Å²) in [4.78, 5) is 15.6. The highest BCUT2D eigenvalue weighted by Crippen LogP contribution is 2.10. The summed E-state index contributed by atoms with van der Waals surface area (Å²) in [6.07, 6.45) is 11.9. The number of ether oxygens (including phenoxy) is 1. The van der Waals surface area contributed by atoms with Gasteiger partial charge >= 0.3 is 6.03 Å². The van der Waals surface area contributed by atoms with Crippen LogP contribution in [0.5, 0.6) is 5.75 Å². The Labute approximate surface area is 156 Å². The van der Waals surface area contributed by atoms with E-state index in [0.29, 0.717) is 6.54 Å². The fraction of sp³-hybridized carbons (Fsp3) is 0.500. The third-order valence-corrected chi connectivity index (χ3v) is 4.06. The van der Waals surface area contributed by atoms with Crippen molar-refractivity contribution >= 4 is 6.03 Å². The van der Waals surface area contributed by atoms with Crippen molar-refractivity contribution in [3.05, 3.63) is 49.1 Å². The second-order valence-corrected chi connectivity index (χ2v) is 6.27. The Morgan fingerprint density at radius 2 is 1.69 bits per heavy atom. The minimum absolute atomic E-state index is 0.0770. The largest absolute Gasteiger partial charge is 0.494 e. The summed E-state index contributed by atoms with van der Waals surface area (Å²) >= 11 is 0. The Hall–Kier alpha value is -2.50. The van der Waals surface area contributed by atoms with E-state index in [-0.39, 0.29) is 6.03 Å². The van der Waals surface area contributed by atoms with Gasteiger partial charge in [-0.25, -0.2) is 9.78 Å². The second kappa shape index (κ2) is 12.8. The number of benzene rings is 1. The minimum atomic E-state index is -0.0770. The lowest BCUT2D eigenvalue weighted by Gasteiger charge is -2.08. The topological polar surface area (TPSA) is 68.2 Å². The van der Waals surface area contributed by atoms with Crippen molar-refractivity contribution < 1.29 is 9.53 Å². The summed E-state index contributed by atoms with van der Waals surface area (Å²) < 4.78 is 7.67. The molecule has 0 unspecified atom stereocenters. The van der Waals surface area contributed by atoms with E-state index in [1.165, 1.54) is 6.42 Å². The van der Waals surface area contributed by atoms with Gasteiger partial charge in [0, 0.05) is 32.0 Å². The number of aromatic nitrogens is 2. The fourth-order valence-corrected chi connectivity index (χ4v) is 2.61. The van der Waals surface area contributed by atoms with E-state index in [1.54, 1.807) is 12.5 Å². The number of unbranched alkanes of at least 4 members (excludes halogenated alkanes) is 4. The number of nitrogens with one attached hydrogen (secondary N) is 2. The van der Waals surface area contributed by atoms with Crippen LogP contribution in [0, 0.1) is 0 Å². The zero-order valence-electron chi connectivity index (χ0n) is 15.4. The average Bonchev–Trinajstić information content (AvgIpc) is 3.18. The van der Waals surface area contributed by atoms with E-state index >= 15 is 0 Å². The number of urea groups is 1. The van der Waals surface area contributed by atoms with E-state index < -0.39 is 0 Å². The van der Waals surface area contributed by atoms with Gasteiger partial charge < -0.3 is 19.9 Å². The van der Waals surface area contributed by atoms with Crippen LogP contribution in [0.4, 0.5) is 4.79 Å². The van der Waals surface area contributed by atoms with E-state index in [1.807, 2.05) is 41.1 Å². The van der Waals surface area contributed by atoms with Crippen LogP contribution in [0.25, 0.3) is 0 Å². The van der Waals surface area contributed by atoms with Crippen LogP contribution in [0.1, 0.15) is 38.5 Å². The zero-order valence-corrected chi connectivity index (χ0v) is 15.4. The first kappa shape index (κ1) is 19.8. The molecule has 1 aromatic carbocycles. The molecule has 0 spiro atoms. The number of amides is 2. The van der Waals surface area contributed by atoms with Crippen LogP contribution in [0.2, 0.25) is 0 Å². The van der Waals surface area contributed by atoms with Gasteiger partial charge in [0.1, 0.15) is 5.75 Å². The predicted octanol–water partition coefficient (Wildman–Crippen LogP) is 3.60. The Bertz CT molecular complexity index is 587. The molecule has 26 heavy (non-hydrogen) atoms. The van der Waals surface area contributed by atoms with Crippen molar-refractivity contribution in [1.82, 2.24) is 20.2 Å². The zero-order chi connectivity index (χ0) is 18.3. The average molecular weight is 358 g/mol. The molecule has 0 aliphatic carbocycles. The maximum atomic E-state index is 11.7. The molecule has 0 aliphatic heterocycles. The predicted molar refractivity (Wildman–Crippen MR) is 103 cm³/mol. The lowest BCUT2D eigenvalue weighted by molar-refractivity contribution is 0.240. The molecular formula is C20H30N4O2. The molecule has 0 bridgehead atoms. The standard InChI is InChI=1S/C20H30N4O2/c25-20(23-13-9-15-24-16-14-21-18-24)22-12-7-2-1-3-8-17-26-19-10-5-4-6-11-19/h4-6,10-11,14,16,18H,1-3,7-9,12-13,15,17H2,(H2,22,23,25). The number of carbonyl (C=O) groups is 1. The number of aryl methyl sites for hydroxylation is 1. The smallest absolute Gasteiger partial charge is 0.314 e. The number of imidazole rings is 1. The Kier molecular flexibility index (Phi) is 9.76. The van der Waals surface area contributed by atoms with E-state index in [2.05, 4.69) is 15.6 Å². The SMILES string of the molecule is O=C(NCCCCCCCOc1ccccc1)NCCCn1ccnc1. The molecule has 6 heteroatoms. The highest BCUT2D eigenvalue weighted by atomic mass is 16.5. The van der Waals surface area contributed by atoms with Gasteiger partial charge in [0.15, 0.2) is 0 Å². The minimum Gasteiger partial charge on any atom is -0.494 e. The summed E-state index contributed by atoms with van der Waals surface area (Å²) in [5, 5.41) is 5.79.